The molecule has 24 heavy (non-hydrogen) atoms. The second kappa shape index (κ2) is 6.55. The summed E-state index contributed by atoms with van der Waals surface area (Å²) in [5, 5.41) is 3.10. The summed E-state index contributed by atoms with van der Waals surface area (Å²) >= 11 is 0. The zero-order valence-electron chi connectivity index (χ0n) is 14.0. The lowest BCUT2D eigenvalue weighted by atomic mass is 9.99. The number of hydrogen-bond acceptors (Lipinski definition) is 3. The van der Waals surface area contributed by atoms with Crippen LogP contribution in [0.3, 0.4) is 0 Å². The lowest BCUT2D eigenvalue weighted by molar-refractivity contribution is -0.131. The van der Waals surface area contributed by atoms with Gasteiger partial charge in [0.05, 0.1) is 6.04 Å². The maximum absolute atomic E-state index is 12.6. The fourth-order valence-corrected chi connectivity index (χ4v) is 4.41. The topological polar surface area (TPSA) is 52.7 Å². The summed E-state index contributed by atoms with van der Waals surface area (Å²) in [6.07, 6.45) is 5.50. The molecule has 1 aromatic rings. The molecule has 1 aromatic carbocycles. The number of nitrogens with one attached hydrogen (secondary N) is 1. The molecule has 1 N–H and O–H groups in total. The van der Waals surface area contributed by atoms with Crippen LogP contribution < -0.4 is 5.32 Å². The SMILES string of the molecule is O=C1Nc2ccccc2CCC1N1CCC(N2CCCC2=O)CC1. The number of carbonyl (C=O) groups is 2. The van der Waals surface area contributed by atoms with E-state index in [1.807, 2.05) is 18.2 Å². The Morgan fingerprint density at radius 1 is 0.958 bits per heavy atom. The summed E-state index contributed by atoms with van der Waals surface area (Å²) in [5.41, 5.74) is 2.19. The fraction of sp³-hybridized carbons (Fsp3) is 0.579. The maximum Gasteiger partial charge on any atom is 0.241 e. The summed E-state index contributed by atoms with van der Waals surface area (Å²) < 4.78 is 0. The van der Waals surface area contributed by atoms with Gasteiger partial charge in [-0.15, -0.1) is 0 Å². The van der Waals surface area contributed by atoms with E-state index < -0.39 is 0 Å². The van der Waals surface area contributed by atoms with Gasteiger partial charge in [0.2, 0.25) is 11.8 Å². The van der Waals surface area contributed by atoms with Gasteiger partial charge in [-0.3, -0.25) is 14.5 Å². The van der Waals surface area contributed by atoms with E-state index in [1.54, 1.807) is 0 Å². The third-order valence-corrected chi connectivity index (χ3v) is 5.76. The van der Waals surface area contributed by atoms with Crippen LogP contribution in [0, 0.1) is 0 Å². The molecule has 0 aliphatic carbocycles. The summed E-state index contributed by atoms with van der Waals surface area (Å²) in [7, 11) is 0. The van der Waals surface area contributed by atoms with Crippen molar-refractivity contribution in [1.29, 1.82) is 0 Å². The van der Waals surface area contributed by atoms with Crippen molar-refractivity contribution in [3.63, 3.8) is 0 Å². The lowest BCUT2D eigenvalue weighted by Crippen LogP contribution is -2.51. The Hall–Kier alpha value is -1.88. The Labute approximate surface area is 143 Å². The van der Waals surface area contributed by atoms with Gasteiger partial charge < -0.3 is 10.2 Å². The van der Waals surface area contributed by atoms with E-state index >= 15 is 0 Å². The zero-order valence-corrected chi connectivity index (χ0v) is 14.0. The van der Waals surface area contributed by atoms with E-state index in [-0.39, 0.29) is 11.9 Å². The first-order chi connectivity index (χ1) is 11.7. The average molecular weight is 327 g/mol. The largest absolute Gasteiger partial charge is 0.340 e. The molecule has 0 saturated carbocycles. The van der Waals surface area contributed by atoms with Crippen LogP contribution in [0.15, 0.2) is 24.3 Å². The molecule has 4 rings (SSSR count). The molecular formula is C19H25N3O2. The van der Waals surface area contributed by atoms with Crippen molar-refractivity contribution in [2.24, 2.45) is 0 Å². The van der Waals surface area contributed by atoms with Gasteiger partial charge in [0.1, 0.15) is 0 Å². The van der Waals surface area contributed by atoms with Gasteiger partial charge in [-0.2, -0.15) is 0 Å². The standard InChI is InChI=1S/C19H25N3O2/c23-18-6-3-11-22(18)15-9-12-21(13-10-15)17-8-7-14-4-1-2-5-16(14)20-19(17)24/h1-2,4-5,15,17H,3,6-13H2,(H,20,24). The summed E-state index contributed by atoms with van der Waals surface area (Å²) in [6.45, 7) is 2.73. The van der Waals surface area contributed by atoms with Gasteiger partial charge in [0, 0.05) is 37.8 Å². The zero-order chi connectivity index (χ0) is 16.5. The van der Waals surface area contributed by atoms with E-state index in [4.69, 9.17) is 0 Å². The molecule has 0 bridgehead atoms. The quantitative estimate of drug-likeness (QED) is 0.904. The lowest BCUT2D eigenvalue weighted by Gasteiger charge is -2.39. The highest BCUT2D eigenvalue weighted by molar-refractivity contribution is 5.96. The Morgan fingerprint density at radius 2 is 1.75 bits per heavy atom. The number of likely N-dealkylation sites (tertiary alicyclic amines) is 2. The van der Waals surface area contributed by atoms with Crippen LogP contribution in [-0.4, -0.2) is 53.3 Å². The average Bonchev–Trinajstić information content (AvgIpc) is 2.95. The predicted molar refractivity (Wildman–Crippen MR) is 92.7 cm³/mol. The van der Waals surface area contributed by atoms with Crippen molar-refractivity contribution < 1.29 is 9.59 Å². The van der Waals surface area contributed by atoms with Crippen LogP contribution in [0.4, 0.5) is 5.69 Å². The highest BCUT2D eigenvalue weighted by Gasteiger charge is 2.35. The molecule has 2 fully saturated rings. The van der Waals surface area contributed by atoms with E-state index in [0.29, 0.717) is 18.4 Å². The number of amides is 2. The summed E-state index contributed by atoms with van der Waals surface area (Å²) in [4.78, 5) is 29.0. The highest BCUT2D eigenvalue weighted by atomic mass is 16.2. The van der Waals surface area contributed by atoms with Crippen LogP contribution >= 0.6 is 0 Å². The number of hydrogen-bond donors (Lipinski definition) is 1. The van der Waals surface area contributed by atoms with Gasteiger partial charge in [-0.1, -0.05) is 18.2 Å². The molecule has 5 nitrogen and oxygen atoms in total. The first-order valence-electron chi connectivity index (χ1n) is 9.14. The molecule has 3 aliphatic rings. The molecule has 0 radical (unpaired) electrons. The van der Waals surface area contributed by atoms with E-state index in [9.17, 15) is 9.59 Å². The highest BCUT2D eigenvalue weighted by Crippen LogP contribution is 2.27. The minimum absolute atomic E-state index is 0.0485. The molecule has 128 valence electrons. The Balaban J connectivity index is 1.39. The molecule has 3 aliphatic heterocycles. The summed E-state index contributed by atoms with van der Waals surface area (Å²) in [5.74, 6) is 0.437. The number of benzene rings is 1. The number of anilines is 1. The molecule has 2 amide bonds. The molecule has 1 unspecified atom stereocenters. The number of fused-ring (bicyclic) bond motifs is 1. The third-order valence-electron chi connectivity index (χ3n) is 5.76. The van der Waals surface area contributed by atoms with E-state index in [0.717, 1.165) is 57.4 Å². The third kappa shape index (κ3) is 2.93. The van der Waals surface area contributed by atoms with Crippen LogP contribution in [-0.2, 0) is 16.0 Å². The van der Waals surface area contributed by atoms with Gasteiger partial charge >= 0.3 is 0 Å². The summed E-state index contributed by atoms with van der Waals surface area (Å²) in [6, 6.07) is 8.42. The van der Waals surface area contributed by atoms with Crippen molar-refractivity contribution in [3.05, 3.63) is 29.8 Å². The smallest absolute Gasteiger partial charge is 0.241 e. The molecule has 3 heterocycles. The number of nitrogens with zero attached hydrogens (tertiary/aromatic N) is 2. The second-order valence-electron chi connectivity index (χ2n) is 7.16. The van der Waals surface area contributed by atoms with Crippen molar-refractivity contribution in [2.45, 2.75) is 50.6 Å². The minimum atomic E-state index is -0.0485. The van der Waals surface area contributed by atoms with Crippen molar-refractivity contribution in [3.8, 4) is 0 Å². The first-order valence-corrected chi connectivity index (χ1v) is 9.14. The Kier molecular flexibility index (Phi) is 4.27. The Bertz CT molecular complexity index is 637. The monoisotopic (exact) mass is 327 g/mol. The van der Waals surface area contributed by atoms with E-state index in [1.165, 1.54) is 5.56 Å². The normalized spacial score (nSPS) is 26.2. The molecular weight excluding hydrogens is 302 g/mol. The molecule has 0 spiro atoms. The number of aryl methyl sites for hydroxylation is 1. The Morgan fingerprint density at radius 3 is 2.50 bits per heavy atom. The molecule has 1 atom stereocenters. The molecule has 2 saturated heterocycles. The first kappa shape index (κ1) is 15.6. The number of para-hydroxylation sites is 1. The minimum Gasteiger partial charge on any atom is -0.340 e. The number of piperidine rings is 1. The molecule has 5 heteroatoms. The number of carbonyl (C=O) groups excluding carboxylic acids is 2. The van der Waals surface area contributed by atoms with Crippen molar-refractivity contribution in [1.82, 2.24) is 9.80 Å². The van der Waals surface area contributed by atoms with Gasteiger partial charge in [-0.05, 0) is 43.7 Å². The van der Waals surface area contributed by atoms with Crippen LogP contribution in [0.2, 0.25) is 0 Å². The molecule has 0 aromatic heterocycles. The van der Waals surface area contributed by atoms with Crippen LogP contribution in [0.1, 0.15) is 37.7 Å². The van der Waals surface area contributed by atoms with E-state index in [2.05, 4.69) is 21.2 Å². The number of rotatable bonds is 2. The van der Waals surface area contributed by atoms with Gasteiger partial charge in [0.15, 0.2) is 0 Å². The van der Waals surface area contributed by atoms with Crippen LogP contribution in [0.25, 0.3) is 0 Å². The second-order valence-corrected chi connectivity index (χ2v) is 7.16. The van der Waals surface area contributed by atoms with Crippen molar-refractivity contribution in [2.75, 3.05) is 25.0 Å². The van der Waals surface area contributed by atoms with Gasteiger partial charge in [-0.25, -0.2) is 0 Å². The van der Waals surface area contributed by atoms with Crippen molar-refractivity contribution >= 4 is 17.5 Å². The van der Waals surface area contributed by atoms with Gasteiger partial charge in [0.25, 0.3) is 0 Å². The predicted octanol–water partition coefficient (Wildman–Crippen LogP) is 2.03. The van der Waals surface area contributed by atoms with Crippen LogP contribution in [0.5, 0.6) is 0 Å². The fourth-order valence-electron chi connectivity index (χ4n) is 4.41. The maximum atomic E-state index is 12.6.